The molecule has 0 saturated heterocycles. The Morgan fingerprint density at radius 2 is 2.11 bits per heavy atom. The van der Waals surface area contributed by atoms with Crippen LogP contribution in [-0.4, -0.2) is 39.7 Å². The number of rotatable bonds is 6. The number of carboxylic acid groups (broad SMARTS) is 1. The first kappa shape index (κ1) is 14.6. The third-order valence-electron chi connectivity index (χ3n) is 2.30. The molecule has 8 nitrogen and oxygen atoms in total. The lowest BCUT2D eigenvalue weighted by Gasteiger charge is -2.11. The van der Waals surface area contributed by atoms with Crippen molar-refractivity contribution in [2.45, 2.75) is 12.5 Å². The molecule has 0 spiro atoms. The summed E-state index contributed by atoms with van der Waals surface area (Å²) >= 11 is 0. The number of carbonyl (C=O) groups is 2. The Hall–Kier alpha value is -2.48. The van der Waals surface area contributed by atoms with E-state index in [1.807, 2.05) is 0 Å². The maximum absolute atomic E-state index is 11.5. The first-order valence-corrected chi connectivity index (χ1v) is 5.30. The van der Waals surface area contributed by atoms with E-state index < -0.39 is 29.4 Å². The molecule has 0 aromatic heterocycles. The van der Waals surface area contributed by atoms with Crippen LogP contribution in [0.2, 0.25) is 0 Å². The average molecular weight is 268 g/mol. The second kappa shape index (κ2) is 6.45. The summed E-state index contributed by atoms with van der Waals surface area (Å²) in [5.41, 5.74) is 0.232. The highest BCUT2D eigenvalue weighted by Crippen LogP contribution is 2.13. The molecule has 1 aromatic rings. The molecule has 0 aliphatic rings. The van der Waals surface area contributed by atoms with Crippen molar-refractivity contribution in [3.8, 4) is 0 Å². The number of nitro groups is 1. The van der Waals surface area contributed by atoms with Gasteiger partial charge in [0.05, 0.1) is 18.0 Å². The Kier molecular flexibility index (Phi) is 4.95. The SMILES string of the molecule is O=C(Cc1cccc([N+](=O)[O-])c1)N[C@@H](CO)C(=O)O. The van der Waals surface area contributed by atoms with Crippen molar-refractivity contribution in [1.29, 1.82) is 0 Å². The van der Waals surface area contributed by atoms with Crippen LogP contribution in [-0.2, 0) is 16.0 Å². The van der Waals surface area contributed by atoms with E-state index in [2.05, 4.69) is 5.32 Å². The van der Waals surface area contributed by atoms with E-state index in [0.29, 0.717) is 5.56 Å². The summed E-state index contributed by atoms with van der Waals surface area (Å²) < 4.78 is 0. The van der Waals surface area contributed by atoms with Crippen LogP contribution in [0, 0.1) is 10.1 Å². The van der Waals surface area contributed by atoms with E-state index in [4.69, 9.17) is 10.2 Å². The molecule has 3 N–H and O–H groups in total. The van der Waals surface area contributed by atoms with Crippen molar-refractivity contribution in [2.75, 3.05) is 6.61 Å². The van der Waals surface area contributed by atoms with Crippen LogP contribution in [0.15, 0.2) is 24.3 Å². The Balaban J connectivity index is 2.69. The van der Waals surface area contributed by atoms with Gasteiger partial charge in [-0.15, -0.1) is 0 Å². The minimum Gasteiger partial charge on any atom is -0.480 e. The molecule has 0 bridgehead atoms. The first-order chi connectivity index (χ1) is 8.93. The highest BCUT2D eigenvalue weighted by Gasteiger charge is 2.19. The van der Waals surface area contributed by atoms with Crippen LogP contribution in [0.25, 0.3) is 0 Å². The molecule has 0 radical (unpaired) electrons. The van der Waals surface area contributed by atoms with Crippen LogP contribution < -0.4 is 5.32 Å². The van der Waals surface area contributed by atoms with Gasteiger partial charge in [-0.2, -0.15) is 0 Å². The first-order valence-electron chi connectivity index (χ1n) is 5.30. The van der Waals surface area contributed by atoms with Crippen molar-refractivity contribution < 1.29 is 24.7 Å². The normalized spacial score (nSPS) is 11.6. The molecule has 19 heavy (non-hydrogen) atoms. The van der Waals surface area contributed by atoms with E-state index in [0.717, 1.165) is 0 Å². The van der Waals surface area contributed by atoms with Gasteiger partial charge >= 0.3 is 5.97 Å². The van der Waals surface area contributed by atoms with Gasteiger partial charge in [0, 0.05) is 12.1 Å². The molecule has 1 rings (SSSR count). The standard InChI is InChI=1S/C11H12N2O6/c14-6-9(11(16)17)12-10(15)5-7-2-1-3-8(4-7)13(18)19/h1-4,9,14H,5-6H2,(H,12,15)(H,16,17)/t9-/m0/s1. The van der Waals surface area contributed by atoms with Crippen LogP contribution in [0.5, 0.6) is 0 Å². The van der Waals surface area contributed by atoms with Crippen molar-refractivity contribution in [1.82, 2.24) is 5.32 Å². The number of nitrogens with one attached hydrogen (secondary N) is 1. The van der Waals surface area contributed by atoms with Crippen LogP contribution in [0.3, 0.4) is 0 Å². The molecule has 102 valence electrons. The molecule has 0 aliphatic heterocycles. The summed E-state index contributed by atoms with van der Waals surface area (Å²) in [7, 11) is 0. The maximum atomic E-state index is 11.5. The number of non-ortho nitro benzene ring substituents is 1. The zero-order valence-corrected chi connectivity index (χ0v) is 9.78. The number of carbonyl (C=O) groups excluding carboxylic acids is 1. The zero-order valence-electron chi connectivity index (χ0n) is 9.78. The molecule has 8 heteroatoms. The third kappa shape index (κ3) is 4.36. The summed E-state index contributed by atoms with van der Waals surface area (Å²) in [5, 5.41) is 30.0. The van der Waals surface area contributed by atoms with E-state index in [-0.39, 0.29) is 12.1 Å². The lowest BCUT2D eigenvalue weighted by Crippen LogP contribution is -2.43. The summed E-state index contributed by atoms with van der Waals surface area (Å²) in [6.45, 7) is -0.726. The van der Waals surface area contributed by atoms with Gasteiger partial charge in [-0.1, -0.05) is 12.1 Å². The number of nitrogens with zero attached hydrogens (tertiary/aromatic N) is 1. The van der Waals surface area contributed by atoms with Gasteiger partial charge in [-0.3, -0.25) is 14.9 Å². The van der Waals surface area contributed by atoms with Crippen molar-refractivity contribution in [2.24, 2.45) is 0 Å². The fourth-order valence-electron chi connectivity index (χ4n) is 1.40. The van der Waals surface area contributed by atoms with Gasteiger partial charge in [0.25, 0.3) is 5.69 Å². The maximum Gasteiger partial charge on any atom is 0.328 e. The smallest absolute Gasteiger partial charge is 0.328 e. The Morgan fingerprint density at radius 3 is 2.63 bits per heavy atom. The number of aliphatic hydroxyl groups is 1. The molecular weight excluding hydrogens is 256 g/mol. The number of carboxylic acids is 1. The molecule has 0 aliphatic carbocycles. The predicted octanol–water partition coefficient (Wildman–Crippen LogP) is -0.301. The number of nitro benzene ring substituents is 1. The van der Waals surface area contributed by atoms with E-state index in [1.54, 1.807) is 0 Å². The lowest BCUT2D eigenvalue weighted by molar-refractivity contribution is -0.384. The second-order valence-electron chi connectivity index (χ2n) is 3.74. The molecular formula is C11H12N2O6. The second-order valence-corrected chi connectivity index (χ2v) is 3.74. The molecule has 1 atom stereocenters. The van der Waals surface area contributed by atoms with Crippen molar-refractivity contribution in [3.05, 3.63) is 39.9 Å². The van der Waals surface area contributed by atoms with E-state index in [9.17, 15) is 19.7 Å². The van der Waals surface area contributed by atoms with Gasteiger partial charge in [0.2, 0.25) is 5.91 Å². The van der Waals surface area contributed by atoms with Crippen LogP contribution >= 0.6 is 0 Å². The zero-order chi connectivity index (χ0) is 14.4. The number of hydrogen-bond acceptors (Lipinski definition) is 5. The van der Waals surface area contributed by atoms with Crippen LogP contribution in [0.4, 0.5) is 5.69 Å². The van der Waals surface area contributed by atoms with Gasteiger partial charge < -0.3 is 15.5 Å². The minimum absolute atomic E-state index is 0.151. The summed E-state index contributed by atoms with van der Waals surface area (Å²) in [6, 6.07) is 4.08. The topological polar surface area (TPSA) is 130 Å². The minimum atomic E-state index is -1.38. The van der Waals surface area contributed by atoms with E-state index >= 15 is 0 Å². The highest BCUT2D eigenvalue weighted by atomic mass is 16.6. The van der Waals surface area contributed by atoms with Gasteiger partial charge in [-0.25, -0.2) is 4.79 Å². The fraction of sp³-hybridized carbons (Fsp3) is 0.273. The highest BCUT2D eigenvalue weighted by molar-refractivity contribution is 5.85. The van der Waals surface area contributed by atoms with Crippen molar-refractivity contribution >= 4 is 17.6 Å². The number of aliphatic carboxylic acids is 1. The summed E-state index contributed by atoms with van der Waals surface area (Å²) in [6.07, 6.45) is -0.203. The largest absolute Gasteiger partial charge is 0.480 e. The monoisotopic (exact) mass is 268 g/mol. The number of hydrogen-bond donors (Lipinski definition) is 3. The summed E-state index contributed by atoms with van der Waals surface area (Å²) in [4.78, 5) is 32.1. The van der Waals surface area contributed by atoms with Crippen LogP contribution in [0.1, 0.15) is 5.56 Å². The molecule has 1 aromatic carbocycles. The van der Waals surface area contributed by atoms with Gasteiger partial charge in [0.1, 0.15) is 6.04 Å². The van der Waals surface area contributed by atoms with Gasteiger partial charge in [-0.05, 0) is 5.56 Å². The molecule has 0 saturated carbocycles. The molecule has 0 unspecified atom stereocenters. The fourth-order valence-corrected chi connectivity index (χ4v) is 1.40. The average Bonchev–Trinajstić information content (AvgIpc) is 2.35. The number of amides is 1. The van der Waals surface area contributed by atoms with E-state index in [1.165, 1.54) is 24.3 Å². The lowest BCUT2D eigenvalue weighted by atomic mass is 10.1. The number of benzene rings is 1. The quantitative estimate of drug-likeness (QED) is 0.479. The summed E-state index contributed by atoms with van der Waals surface area (Å²) in [5.74, 6) is -1.99. The Labute approximate surface area is 107 Å². The van der Waals surface area contributed by atoms with Crippen molar-refractivity contribution in [3.63, 3.8) is 0 Å². The third-order valence-corrected chi connectivity index (χ3v) is 2.30. The van der Waals surface area contributed by atoms with Gasteiger partial charge in [0.15, 0.2) is 0 Å². The Morgan fingerprint density at radius 1 is 1.42 bits per heavy atom. The predicted molar refractivity (Wildman–Crippen MR) is 63.5 cm³/mol. The Bertz CT molecular complexity index is 502. The molecule has 0 heterocycles. The molecule has 1 amide bonds. The number of aliphatic hydroxyl groups excluding tert-OH is 1. The molecule has 0 fully saturated rings.